The van der Waals surface area contributed by atoms with Crippen LogP contribution in [0.4, 0.5) is 5.69 Å². The summed E-state index contributed by atoms with van der Waals surface area (Å²) in [5.41, 5.74) is 3.73. The maximum absolute atomic E-state index is 13.3. The van der Waals surface area contributed by atoms with Gasteiger partial charge in [0.25, 0.3) is 5.91 Å². The zero-order valence-corrected chi connectivity index (χ0v) is 25.4. The standard InChI is InChI=1S/C33H39ClN2O4S/c1-21-5-3-6-26(18-37)28-11-8-25(28)17-36-19-33(14-4-7-23-15-27(34)10-12-29(23)33)20-40-31-13-9-24(16-30(31)36)32(38)35-41(39)22(21)2/h3,6,9-10,12-13,15-16,18,21-22,25-26,28H,4-5,7-8,11,14,17,19-20H2,1-2H3,(H,35,38)/b6-3+/t21?,22?,25?,26?,28?,33-,41?/m0/s1. The number of hydrogen-bond donors (Lipinski definition) is 1. The Kier molecular flexibility index (Phi) is 8.03. The van der Waals surface area contributed by atoms with Gasteiger partial charge in [-0.3, -0.25) is 9.52 Å². The number of carbonyl (C=O) groups excluding carboxylic acids is 2. The van der Waals surface area contributed by atoms with Gasteiger partial charge < -0.3 is 14.4 Å². The summed E-state index contributed by atoms with van der Waals surface area (Å²) < 4.78 is 22.4. The van der Waals surface area contributed by atoms with Crippen LogP contribution in [0, 0.1) is 23.7 Å². The molecule has 1 amide bonds. The molecule has 6 unspecified atom stereocenters. The Morgan fingerprint density at radius 3 is 2.80 bits per heavy atom. The number of nitrogens with zero attached hydrogens (tertiary/aromatic N) is 1. The van der Waals surface area contributed by atoms with Crippen molar-refractivity contribution in [1.82, 2.24) is 4.72 Å². The van der Waals surface area contributed by atoms with E-state index in [1.54, 1.807) is 6.07 Å². The maximum atomic E-state index is 13.3. The zero-order valence-electron chi connectivity index (χ0n) is 23.8. The Balaban J connectivity index is 1.42. The van der Waals surface area contributed by atoms with Gasteiger partial charge in [-0.2, -0.15) is 0 Å². The number of carbonyl (C=O) groups is 2. The summed E-state index contributed by atoms with van der Waals surface area (Å²) in [6, 6.07) is 11.8. The molecule has 41 heavy (non-hydrogen) atoms. The molecule has 1 spiro atoms. The minimum Gasteiger partial charge on any atom is -0.490 e. The summed E-state index contributed by atoms with van der Waals surface area (Å²) >= 11 is 6.40. The van der Waals surface area contributed by atoms with E-state index in [-0.39, 0.29) is 34.3 Å². The summed E-state index contributed by atoms with van der Waals surface area (Å²) in [6.07, 6.45) is 11.1. The molecule has 6 nitrogen and oxygen atoms in total. The zero-order chi connectivity index (χ0) is 28.7. The first kappa shape index (κ1) is 28.5. The van der Waals surface area contributed by atoms with Gasteiger partial charge in [0.2, 0.25) is 0 Å². The van der Waals surface area contributed by atoms with Crippen LogP contribution in [-0.2, 0) is 27.6 Å². The van der Waals surface area contributed by atoms with Gasteiger partial charge >= 0.3 is 0 Å². The number of aryl methyl sites for hydroxylation is 1. The fraction of sp³-hybridized carbons (Fsp3) is 0.515. The van der Waals surface area contributed by atoms with Crippen molar-refractivity contribution in [3.8, 4) is 5.75 Å². The smallest absolute Gasteiger partial charge is 0.263 e. The molecule has 2 aliphatic heterocycles. The quantitative estimate of drug-likeness (QED) is 0.322. The van der Waals surface area contributed by atoms with Gasteiger partial charge in [0, 0.05) is 35.0 Å². The summed E-state index contributed by atoms with van der Waals surface area (Å²) in [5.74, 6) is 1.02. The van der Waals surface area contributed by atoms with Crippen LogP contribution in [0.3, 0.4) is 0 Å². The molecule has 2 heterocycles. The number of rotatable bonds is 1. The highest BCUT2D eigenvalue weighted by molar-refractivity contribution is 7.84. The van der Waals surface area contributed by atoms with E-state index in [1.807, 2.05) is 32.0 Å². The molecule has 0 radical (unpaired) electrons. The van der Waals surface area contributed by atoms with E-state index in [1.165, 1.54) is 11.1 Å². The van der Waals surface area contributed by atoms with Gasteiger partial charge in [-0.15, -0.1) is 0 Å². The van der Waals surface area contributed by atoms with Crippen LogP contribution < -0.4 is 14.4 Å². The molecule has 6 rings (SSSR count). The van der Waals surface area contributed by atoms with Crippen molar-refractivity contribution < 1.29 is 18.5 Å². The third-order valence-corrected chi connectivity index (χ3v) is 11.8. The van der Waals surface area contributed by atoms with Gasteiger partial charge in [-0.1, -0.05) is 36.7 Å². The van der Waals surface area contributed by atoms with E-state index in [0.717, 1.165) is 67.9 Å². The number of halogens is 1. The first-order valence-electron chi connectivity index (χ1n) is 14.9. The summed E-state index contributed by atoms with van der Waals surface area (Å²) in [7, 11) is -1.54. The van der Waals surface area contributed by atoms with E-state index in [2.05, 4.69) is 33.9 Å². The molecule has 0 aromatic heterocycles. The Morgan fingerprint density at radius 1 is 1.17 bits per heavy atom. The van der Waals surface area contributed by atoms with Gasteiger partial charge in [0.15, 0.2) is 0 Å². The lowest BCUT2D eigenvalue weighted by molar-refractivity contribution is -0.112. The third-order valence-electron chi connectivity index (χ3n) is 10.1. The number of ether oxygens (including phenoxy) is 1. The molecule has 1 saturated carbocycles. The molecule has 1 fully saturated rings. The normalized spacial score (nSPS) is 34.2. The van der Waals surface area contributed by atoms with Gasteiger partial charge in [-0.05, 0) is 105 Å². The monoisotopic (exact) mass is 594 g/mol. The van der Waals surface area contributed by atoms with Gasteiger partial charge in [0.1, 0.15) is 23.0 Å². The molecule has 218 valence electrons. The topological polar surface area (TPSA) is 75.7 Å². The number of amides is 1. The van der Waals surface area contributed by atoms with E-state index in [9.17, 15) is 13.8 Å². The highest BCUT2D eigenvalue weighted by atomic mass is 35.5. The molecule has 7 atom stereocenters. The largest absolute Gasteiger partial charge is 0.490 e. The number of aldehydes is 1. The van der Waals surface area contributed by atoms with Crippen molar-refractivity contribution in [3.05, 3.63) is 70.3 Å². The second-order valence-corrected chi connectivity index (χ2v) is 14.6. The summed E-state index contributed by atoms with van der Waals surface area (Å²) in [4.78, 5) is 28.0. The van der Waals surface area contributed by atoms with Crippen LogP contribution >= 0.6 is 11.6 Å². The van der Waals surface area contributed by atoms with Crippen molar-refractivity contribution >= 4 is 40.5 Å². The van der Waals surface area contributed by atoms with Crippen molar-refractivity contribution in [2.24, 2.45) is 23.7 Å². The van der Waals surface area contributed by atoms with Crippen LogP contribution in [-0.4, -0.2) is 41.3 Å². The number of benzene rings is 2. The predicted molar refractivity (Wildman–Crippen MR) is 164 cm³/mol. The maximum Gasteiger partial charge on any atom is 0.263 e. The lowest BCUT2D eigenvalue weighted by atomic mass is 9.66. The summed E-state index contributed by atoms with van der Waals surface area (Å²) in [5, 5.41) is 0.522. The SMILES string of the molecule is CC1C/C=C/C(C=O)C2CCC2CN2C[C@@]3(CCCc4cc(Cl)ccc43)COc3ccc(cc32)C(=O)NS(=O)C1C. The number of nitrogens with one attached hydrogen (secondary N) is 1. The van der Waals surface area contributed by atoms with Gasteiger partial charge in [0.05, 0.1) is 17.5 Å². The number of anilines is 1. The van der Waals surface area contributed by atoms with Crippen molar-refractivity contribution in [2.75, 3.05) is 24.6 Å². The average Bonchev–Trinajstić information content (AvgIpc) is 3.10. The van der Waals surface area contributed by atoms with Crippen molar-refractivity contribution in [1.29, 1.82) is 0 Å². The molecule has 8 heteroatoms. The second kappa shape index (κ2) is 11.6. The van der Waals surface area contributed by atoms with Crippen molar-refractivity contribution in [2.45, 2.75) is 63.0 Å². The highest BCUT2D eigenvalue weighted by Crippen LogP contribution is 2.47. The van der Waals surface area contributed by atoms with Gasteiger partial charge in [-0.25, -0.2) is 4.21 Å². The van der Waals surface area contributed by atoms with Crippen LogP contribution in [0.25, 0.3) is 0 Å². The second-order valence-electron chi connectivity index (χ2n) is 12.6. The lowest BCUT2D eigenvalue weighted by Crippen LogP contribution is -2.49. The summed E-state index contributed by atoms with van der Waals surface area (Å²) in [6.45, 7) is 6.02. The van der Waals surface area contributed by atoms with Crippen LogP contribution in [0.5, 0.6) is 5.75 Å². The van der Waals surface area contributed by atoms with Crippen LogP contribution in [0.1, 0.15) is 67.4 Å². The van der Waals surface area contributed by atoms with E-state index in [0.29, 0.717) is 24.5 Å². The Morgan fingerprint density at radius 2 is 2.02 bits per heavy atom. The minimum atomic E-state index is -1.54. The Bertz CT molecular complexity index is 1400. The van der Waals surface area contributed by atoms with E-state index in [4.69, 9.17) is 16.3 Å². The van der Waals surface area contributed by atoms with Crippen molar-refractivity contribution in [3.63, 3.8) is 0 Å². The average molecular weight is 595 g/mol. The Labute approximate surface area is 250 Å². The molecular weight excluding hydrogens is 556 g/mol. The minimum absolute atomic E-state index is 0.0881. The molecule has 2 bridgehead atoms. The van der Waals surface area contributed by atoms with Crippen LogP contribution in [0.2, 0.25) is 5.02 Å². The Hall–Kier alpha value is -2.64. The fourth-order valence-corrected chi connectivity index (χ4v) is 8.47. The number of hydrogen-bond acceptors (Lipinski definition) is 5. The molecule has 0 saturated heterocycles. The molecule has 2 aromatic rings. The fourth-order valence-electron chi connectivity index (χ4n) is 7.25. The van der Waals surface area contributed by atoms with E-state index < -0.39 is 11.0 Å². The number of allylic oxidation sites excluding steroid dienone is 2. The number of fused-ring (bicyclic) bond motifs is 4. The molecular formula is C33H39ClN2O4S. The molecule has 4 aliphatic rings. The molecule has 2 aromatic carbocycles. The highest BCUT2D eigenvalue weighted by Gasteiger charge is 2.44. The molecule has 2 aliphatic carbocycles. The first-order chi connectivity index (χ1) is 19.8. The predicted octanol–water partition coefficient (Wildman–Crippen LogP) is 6.03. The lowest BCUT2D eigenvalue weighted by Gasteiger charge is -2.45. The van der Waals surface area contributed by atoms with E-state index >= 15 is 0 Å². The first-order valence-corrected chi connectivity index (χ1v) is 16.5. The third kappa shape index (κ3) is 5.48. The molecule has 1 N–H and O–H groups in total. The van der Waals surface area contributed by atoms with Crippen LogP contribution in [0.15, 0.2) is 48.6 Å².